The summed E-state index contributed by atoms with van der Waals surface area (Å²) >= 11 is 0. The number of ketones is 1. The van der Waals surface area contributed by atoms with Gasteiger partial charge >= 0.3 is 0 Å². The van der Waals surface area contributed by atoms with Gasteiger partial charge < -0.3 is 10.6 Å². The van der Waals surface area contributed by atoms with E-state index in [1.807, 2.05) is 20.8 Å². The van der Waals surface area contributed by atoms with Gasteiger partial charge in [0.05, 0.1) is 6.04 Å². The number of hydrogen-bond donors (Lipinski definition) is 2. The van der Waals surface area contributed by atoms with Crippen LogP contribution in [0.1, 0.15) is 85.0 Å². The first-order valence-electron chi connectivity index (χ1n) is 9.97. The molecule has 1 aliphatic carbocycles. The fourth-order valence-corrected chi connectivity index (χ4v) is 3.97. The summed E-state index contributed by atoms with van der Waals surface area (Å²) in [5.41, 5.74) is -0.325. The molecule has 0 radical (unpaired) electrons. The van der Waals surface area contributed by atoms with E-state index in [0.717, 1.165) is 32.1 Å². The third-order valence-electron chi connectivity index (χ3n) is 5.53. The summed E-state index contributed by atoms with van der Waals surface area (Å²) < 4.78 is 0. The minimum Gasteiger partial charge on any atom is -0.356 e. The normalized spacial score (nSPS) is 28.6. The summed E-state index contributed by atoms with van der Waals surface area (Å²) in [6, 6.07) is 0.471. The molecule has 1 saturated carbocycles. The lowest BCUT2D eigenvalue weighted by Crippen LogP contribution is -2.35. The molecule has 3 unspecified atom stereocenters. The van der Waals surface area contributed by atoms with Crippen molar-refractivity contribution in [3.63, 3.8) is 0 Å². The summed E-state index contributed by atoms with van der Waals surface area (Å²) in [5.74, 6) is 0.821. The average molecular weight is 337 g/mol. The molecule has 24 heavy (non-hydrogen) atoms. The Morgan fingerprint density at radius 3 is 2.46 bits per heavy atom. The molecule has 0 aromatic heterocycles. The molecule has 1 amide bonds. The molecule has 3 atom stereocenters. The Morgan fingerprint density at radius 1 is 1.08 bits per heavy atom. The monoisotopic (exact) mass is 336 g/mol. The highest BCUT2D eigenvalue weighted by Gasteiger charge is 2.40. The maximum atomic E-state index is 12.7. The van der Waals surface area contributed by atoms with Gasteiger partial charge in [0.1, 0.15) is 0 Å². The van der Waals surface area contributed by atoms with Crippen molar-refractivity contribution in [3.05, 3.63) is 0 Å². The van der Waals surface area contributed by atoms with Crippen LogP contribution in [0.2, 0.25) is 0 Å². The summed E-state index contributed by atoms with van der Waals surface area (Å²) in [5, 5.41) is 6.61. The standard InChI is InChI=1S/C20H36N2O2/c1-20(2,3)19(24)21-14-10-9-13-17-18(23)15-11-7-5-4-6-8-12-16(15)22-17/h15-17,22H,4-14H2,1-3H3,(H,21,24). The van der Waals surface area contributed by atoms with Gasteiger partial charge in [-0.15, -0.1) is 0 Å². The molecule has 2 N–H and O–H groups in total. The Morgan fingerprint density at radius 2 is 1.75 bits per heavy atom. The molecule has 1 aliphatic heterocycles. The molecule has 138 valence electrons. The van der Waals surface area contributed by atoms with Crippen molar-refractivity contribution in [1.29, 1.82) is 0 Å². The lowest BCUT2D eigenvalue weighted by molar-refractivity contribution is -0.128. The van der Waals surface area contributed by atoms with Crippen molar-refractivity contribution < 1.29 is 9.59 Å². The number of Topliss-reactive ketones (excluding diaryl/α,β-unsaturated/α-hetero) is 1. The molecule has 0 aromatic carbocycles. The SMILES string of the molecule is CC(C)(C)C(=O)NCCCCC1NC2CCCCCCCC2C1=O. The number of carbonyl (C=O) groups is 2. The number of unbranched alkanes of at least 4 members (excludes halogenated alkanes) is 1. The summed E-state index contributed by atoms with van der Waals surface area (Å²) in [4.78, 5) is 24.5. The van der Waals surface area contributed by atoms with E-state index in [1.165, 1.54) is 32.1 Å². The highest BCUT2D eigenvalue weighted by molar-refractivity contribution is 5.89. The van der Waals surface area contributed by atoms with Crippen molar-refractivity contribution in [2.45, 2.75) is 97.1 Å². The van der Waals surface area contributed by atoms with Crippen LogP contribution in [0.15, 0.2) is 0 Å². The molecule has 1 saturated heterocycles. The van der Waals surface area contributed by atoms with E-state index in [9.17, 15) is 9.59 Å². The molecule has 4 heteroatoms. The van der Waals surface area contributed by atoms with E-state index in [1.54, 1.807) is 0 Å². The Hall–Kier alpha value is -0.900. The van der Waals surface area contributed by atoms with E-state index in [2.05, 4.69) is 10.6 Å². The predicted octanol–water partition coefficient (Wildman–Crippen LogP) is 3.59. The Kier molecular flexibility index (Phi) is 7.27. The van der Waals surface area contributed by atoms with Gasteiger partial charge in [0.25, 0.3) is 0 Å². The first-order valence-corrected chi connectivity index (χ1v) is 9.97. The lowest BCUT2D eigenvalue weighted by Gasteiger charge is -2.18. The van der Waals surface area contributed by atoms with Crippen LogP contribution in [-0.2, 0) is 9.59 Å². The first-order chi connectivity index (χ1) is 11.4. The van der Waals surface area contributed by atoms with Crippen LogP contribution in [0.3, 0.4) is 0 Å². The fourth-order valence-electron chi connectivity index (χ4n) is 3.97. The topological polar surface area (TPSA) is 58.2 Å². The molecule has 0 aromatic rings. The summed E-state index contributed by atoms with van der Waals surface area (Å²) in [6.45, 7) is 6.50. The van der Waals surface area contributed by atoms with Crippen LogP contribution >= 0.6 is 0 Å². The van der Waals surface area contributed by atoms with Crippen molar-refractivity contribution >= 4 is 11.7 Å². The van der Waals surface area contributed by atoms with Crippen LogP contribution in [0.25, 0.3) is 0 Å². The van der Waals surface area contributed by atoms with Crippen LogP contribution < -0.4 is 10.6 Å². The molecule has 1 heterocycles. The Balaban J connectivity index is 1.70. The van der Waals surface area contributed by atoms with E-state index < -0.39 is 0 Å². The zero-order valence-electron chi connectivity index (χ0n) is 15.8. The molecule has 2 fully saturated rings. The number of amides is 1. The van der Waals surface area contributed by atoms with Crippen LogP contribution in [0, 0.1) is 11.3 Å². The number of carbonyl (C=O) groups excluding carboxylic acids is 2. The first kappa shape index (κ1) is 19.4. The van der Waals surface area contributed by atoms with Crippen LogP contribution in [0.4, 0.5) is 0 Å². The third kappa shape index (κ3) is 5.58. The van der Waals surface area contributed by atoms with Gasteiger partial charge in [-0.25, -0.2) is 0 Å². The van der Waals surface area contributed by atoms with Gasteiger partial charge in [-0.2, -0.15) is 0 Å². The minimum absolute atomic E-state index is 0.0535. The van der Waals surface area contributed by atoms with Crippen LogP contribution in [0.5, 0.6) is 0 Å². The molecule has 2 rings (SSSR count). The zero-order valence-corrected chi connectivity index (χ0v) is 15.8. The Labute approximate surface area is 147 Å². The van der Waals surface area contributed by atoms with E-state index >= 15 is 0 Å². The second-order valence-electron chi connectivity index (χ2n) is 8.68. The summed E-state index contributed by atoms with van der Waals surface area (Å²) in [6.07, 6.45) is 11.5. The summed E-state index contributed by atoms with van der Waals surface area (Å²) in [7, 11) is 0. The average Bonchev–Trinajstić information content (AvgIpc) is 2.86. The highest BCUT2D eigenvalue weighted by atomic mass is 16.2. The smallest absolute Gasteiger partial charge is 0.225 e. The van der Waals surface area contributed by atoms with Gasteiger partial charge in [-0.3, -0.25) is 9.59 Å². The van der Waals surface area contributed by atoms with Crippen molar-refractivity contribution in [3.8, 4) is 0 Å². The van der Waals surface area contributed by atoms with Gasteiger partial charge in [0.15, 0.2) is 5.78 Å². The van der Waals surface area contributed by atoms with E-state index in [4.69, 9.17) is 0 Å². The van der Waals surface area contributed by atoms with Gasteiger partial charge in [0.2, 0.25) is 5.91 Å². The number of nitrogens with one attached hydrogen (secondary N) is 2. The third-order valence-corrected chi connectivity index (χ3v) is 5.53. The second-order valence-corrected chi connectivity index (χ2v) is 8.68. The Bertz CT molecular complexity index is 428. The fraction of sp³-hybridized carbons (Fsp3) is 0.900. The van der Waals surface area contributed by atoms with Gasteiger partial charge in [-0.05, 0) is 32.1 Å². The molecule has 0 bridgehead atoms. The number of hydrogen-bond acceptors (Lipinski definition) is 3. The molecule has 0 spiro atoms. The van der Waals surface area contributed by atoms with Crippen molar-refractivity contribution in [2.24, 2.45) is 11.3 Å². The quantitative estimate of drug-likeness (QED) is 0.754. The molecule has 2 aliphatic rings. The maximum Gasteiger partial charge on any atom is 0.225 e. The largest absolute Gasteiger partial charge is 0.356 e. The van der Waals surface area contributed by atoms with Gasteiger partial charge in [0, 0.05) is 23.9 Å². The van der Waals surface area contributed by atoms with E-state index in [-0.39, 0.29) is 23.3 Å². The molecular formula is C20H36N2O2. The minimum atomic E-state index is -0.325. The van der Waals surface area contributed by atoms with Crippen molar-refractivity contribution in [1.82, 2.24) is 10.6 Å². The van der Waals surface area contributed by atoms with Crippen LogP contribution in [-0.4, -0.2) is 30.3 Å². The maximum absolute atomic E-state index is 12.7. The number of fused-ring (bicyclic) bond motifs is 1. The predicted molar refractivity (Wildman–Crippen MR) is 97.8 cm³/mol. The lowest BCUT2D eigenvalue weighted by atomic mass is 9.90. The zero-order chi connectivity index (χ0) is 17.6. The highest BCUT2D eigenvalue weighted by Crippen LogP contribution is 2.30. The molecule has 4 nitrogen and oxygen atoms in total. The van der Waals surface area contributed by atoms with E-state index in [0.29, 0.717) is 18.4 Å². The number of rotatable bonds is 5. The van der Waals surface area contributed by atoms with Crippen molar-refractivity contribution in [2.75, 3.05) is 6.54 Å². The van der Waals surface area contributed by atoms with Gasteiger partial charge in [-0.1, -0.05) is 52.9 Å². The molecular weight excluding hydrogens is 300 g/mol. The second kappa shape index (κ2) is 8.98.